The van der Waals surface area contributed by atoms with Gasteiger partial charge in [-0.1, -0.05) is 64.8 Å². The van der Waals surface area contributed by atoms with Crippen molar-refractivity contribution in [3.63, 3.8) is 0 Å². The number of H-pyrrole nitrogens is 2. The number of ether oxygens (including phenoxy) is 2. The predicted molar refractivity (Wildman–Crippen MR) is 250 cm³/mol. The van der Waals surface area contributed by atoms with Crippen LogP contribution in [0.25, 0.3) is 33.6 Å². The van der Waals surface area contributed by atoms with Gasteiger partial charge in [0.05, 0.1) is 50.1 Å². The molecule has 4 aromatic rings. The quantitative estimate of drug-likeness (QED) is 0.115. The second-order valence-electron chi connectivity index (χ2n) is 20.8. The summed E-state index contributed by atoms with van der Waals surface area (Å²) in [4.78, 5) is 73.3. The summed E-state index contributed by atoms with van der Waals surface area (Å²) >= 11 is 0. The lowest BCUT2D eigenvalue weighted by Crippen LogP contribution is -2.51. The Bertz CT molecular complexity index is 2540. The fourth-order valence-corrected chi connectivity index (χ4v) is 13.1. The number of imidazole rings is 2. The van der Waals surface area contributed by atoms with Crippen molar-refractivity contribution < 1.29 is 28.7 Å². The summed E-state index contributed by atoms with van der Waals surface area (Å²) in [5.41, 5.74) is 13.3. The number of carbonyl (C=O) groups is 4. The number of aromatic amines is 2. The van der Waals surface area contributed by atoms with E-state index >= 15 is 0 Å². The number of methoxy groups -OCH3 is 2. The van der Waals surface area contributed by atoms with E-state index in [0.717, 1.165) is 61.6 Å². The number of fused-ring (bicyclic) bond motifs is 6. The maximum atomic E-state index is 13.9. The van der Waals surface area contributed by atoms with Gasteiger partial charge >= 0.3 is 12.2 Å². The molecule has 2 aliphatic heterocycles. The van der Waals surface area contributed by atoms with E-state index in [1.807, 2.05) is 49.9 Å². The normalized spacial score (nSPS) is 23.5. The number of nitrogens with one attached hydrogen (secondary N) is 4. The van der Waals surface area contributed by atoms with Gasteiger partial charge in [0.1, 0.15) is 23.7 Å². The Labute approximate surface area is 387 Å². The fraction of sp³-hybridized carbons (Fsp3) is 0.577. The number of alkyl carbamates (subject to hydrolysis) is 2. The minimum absolute atomic E-state index is 0.101. The molecule has 10 rings (SSSR count). The van der Waals surface area contributed by atoms with Crippen molar-refractivity contribution >= 4 is 24.0 Å². The monoisotopic (exact) mass is 899 g/mol. The van der Waals surface area contributed by atoms with Crippen LogP contribution in [0.3, 0.4) is 0 Å². The van der Waals surface area contributed by atoms with Gasteiger partial charge in [-0.05, 0) is 133 Å². The third-order valence-electron chi connectivity index (χ3n) is 16.3. The van der Waals surface area contributed by atoms with Crippen LogP contribution in [-0.2, 0) is 31.9 Å². The van der Waals surface area contributed by atoms with Gasteiger partial charge in [-0.3, -0.25) is 9.59 Å². The molecule has 4 N–H and O–H groups in total. The molecule has 6 atom stereocenters. The topological polar surface area (TPSA) is 175 Å². The number of rotatable bonds is 11. The van der Waals surface area contributed by atoms with Crippen LogP contribution in [0.4, 0.5) is 9.59 Å². The zero-order valence-corrected chi connectivity index (χ0v) is 39.4. The van der Waals surface area contributed by atoms with Crippen LogP contribution in [0.5, 0.6) is 0 Å². The molecule has 2 saturated carbocycles. The summed E-state index contributed by atoms with van der Waals surface area (Å²) in [6, 6.07) is 7.63. The van der Waals surface area contributed by atoms with Crippen LogP contribution in [0, 0.1) is 17.3 Å². The third-order valence-corrected chi connectivity index (χ3v) is 16.3. The van der Waals surface area contributed by atoms with E-state index in [-0.39, 0.29) is 41.1 Å². The van der Waals surface area contributed by atoms with Gasteiger partial charge in [-0.2, -0.15) is 0 Å². The van der Waals surface area contributed by atoms with Crippen LogP contribution >= 0.6 is 0 Å². The first-order valence-corrected chi connectivity index (χ1v) is 24.6. The predicted octanol–water partition coefficient (Wildman–Crippen LogP) is 9.25. The average Bonchev–Trinajstić information content (AvgIpc) is 4.17. The highest BCUT2D eigenvalue weighted by molar-refractivity contribution is 5.88. The lowest BCUT2D eigenvalue weighted by Gasteiger charge is -2.30. The van der Waals surface area contributed by atoms with Gasteiger partial charge in [0.25, 0.3) is 0 Å². The Morgan fingerprint density at radius 2 is 1.09 bits per heavy atom. The molecule has 4 fully saturated rings. The molecule has 2 aromatic heterocycles. The first-order chi connectivity index (χ1) is 31.9. The first kappa shape index (κ1) is 44.2. The van der Waals surface area contributed by atoms with Gasteiger partial charge in [-0.15, -0.1) is 0 Å². The molecule has 2 saturated heterocycles. The number of likely N-dealkylation sites (tertiary alicyclic amines) is 2. The van der Waals surface area contributed by atoms with Crippen molar-refractivity contribution in [1.82, 2.24) is 40.4 Å². The summed E-state index contributed by atoms with van der Waals surface area (Å²) in [5, 5.41) is 5.53. The number of carbonyl (C=O) groups excluding carboxylic acids is 4. The van der Waals surface area contributed by atoms with E-state index in [1.165, 1.54) is 104 Å². The van der Waals surface area contributed by atoms with Gasteiger partial charge in [0.2, 0.25) is 11.8 Å². The van der Waals surface area contributed by atoms with Crippen molar-refractivity contribution in [3.8, 4) is 33.6 Å². The van der Waals surface area contributed by atoms with E-state index in [4.69, 9.17) is 19.4 Å². The molecule has 6 unspecified atom stereocenters. The second kappa shape index (κ2) is 17.5. The highest BCUT2D eigenvalue weighted by Crippen LogP contribution is 2.60. The van der Waals surface area contributed by atoms with Crippen LogP contribution < -0.4 is 10.6 Å². The van der Waals surface area contributed by atoms with Gasteiger partial charge in [0, 0.05) is 24.2 Å². The zero-order chi connectivity index (χ0) is 46.0. The molecular weight excluding hydrogens is 833 g/mol. The van der Waals surface area contributed by atoms with Crippen molar-refractivity contribution in [1.29, 1.82) is 0 Å². The summed E-state index contributed by atoms with van der Waals surface area (Å²) < 4.78 is 9.71. The smallest absolute Gasteiger partial charge is 0.407 e. The van der Waals surface area contributed by atoms with Gasteiger partial charge in [-0.25, -0.2) is 19.6 Å². The maximum Gasteiger partial charge on any atom is 0.407 e. The molecule has 14 nitrogen and oxygen atoms in total. The van der Waals surface area contributed by atoms with Gasteiger partial charge < -0.3 is 39.9 Å². The molecule has 4 amide bonds. The van der Waals surface area contributed by atoms with Crippen LogP contribution in [0.2, 0.25) is 0 Å². The highest BCUT2D eigenvalue weighted by Gasteiger charge is 2.45. The molecule has 66 heavy (non-hydrogen) atoms. The Hall–Kier alpha value is -5.66. The Balaban J connectivity index is 0.969. The van der Waals surface area contributed by atoms with Crippen molar-refractivity contribution in [3.05, 3.63) is 70.6 Å². The van der Waals surface area contributed by atoms with Crippen molar-refractivity contribution in [2.24, 2.45) is 17.3 Å². The van der Waals surface area contributed by atoms with Crippen LogP contribution in [-0.4, -0.2) is 93.1 Å². The maximum absolute atomic E-state index is 13.9. The lowest BCUT2D eigenvalue weighted by molar-refractivity contribution is -0.136. The van der Waals surface area contributed by atoms with Gasteiger partial charge in [0.15, 0.2) is 0 Å². The number of aromatic nitrogens is 4. The third kappa shape index (κ3) is 7.65. The zero-order valence-electron chi connectivity index (χ0n) is 39.4. The first-order valence-electron chi connectivity index (χ1n) is 24.6. The summed E-state index contributed by atoms with van der Waals surface area (Å²) in [5.74, 6) is 2.17. The molecule has 4 aliphatic carbocycles. The molecular formula is C52H66N8O6. The molecule has 4 heterocycles. The fourth-order valence-electron chi connectivity index (χ4n) is 13.1. The number of amides is 4. The second-order valence-corrected chi connectivity index (χ2v) is 20.8. The van der Waals surface area contributed by atoms with Crippen molar-refractivity contribution in [2.45, 2.75) is 147 Å². The SMILES string of the molecule is COC(=O)NC(C(=O)N1CCCC1c1ncc(-c2ccc(-c3ccc(-c4cnc(C5CCCN5C(=O)C(NC(=O)OC)C(C)C)[nH]4)c4c3C3CCC4C3)c3c2CC2(CCCC2)C3)[nH]1)C(C)C. The largest absolute Gasteiger partial charge is 0.453 e. The van der Waals surface area contributed by atoms with E-state index in [0.29, 0.717) is 24.9 Å². The molecule has 1 spiro atoms. The molecule has 0 radical (unpaired) electrons. The molecule has 2 aromatic carbocycles. The van der Waals surface area contributed by atoms with Crippen LogP contribution in [0.15, 0.2) is 36.7 Å². The summed E-state index contributed by atoms with van der Waals surface area (Å²) in [6.07, 6.45) is 16.8. The van der Waals surface area contributed by atoms with E-state index < -0.39 is 24.3 Å². The molecule has 14 heteroatoms. The summed E-state index contributed by atoms with van der Waals surface area (Å²) in [7, 11) is 2.63. The summed E-state index contributed by atoms with van der Waals surface area (Å²) in [6.45, 7) is 8.97. The van der Waals surface area contributed by atoms with E-state index in [2.05, 4.69) is 44.9 Å². The molecule has 350 valence electrons. The number of hydrogen-bond donors (Lipinski definition) is 4. The minimum Gasteiger partial charge on any atom is -0.453 e. The Kier molecular flexibility index (Phi) is 11.7. The Morgan fingerprint density at radius 1 is 0.636 bits per heavy atom. The van der Waals surface area contributed by atoms with Crippen LogP contribution in [0.1, 0.15) is 156 Å². The highest BCUT2D eigenvalue weighted by atomic mass is 16.5. The van der Waals surface area contributed by atoms with E-state index in [9.17, 15) is 19.2 Å². The number of hydrogen-bond acceptors (Lipinski definition) is 8. The minimum atomic E-state index is -0.685. The molecule has 6 aliphatic rings. The lowest BCUT2D eigenvalue weighted by atomic mass is 9.80. The number of benzene rings is 2. The number of nitrogens with zero attached hydrogens (tertiary/aromatic N) is 4. The Morgan fingerprint density at radius 3 is 1.61 bits per heavy atom. The molecule has 2 bridgehead atoms. The van der Waals surface area contributed by atoms with E-state index in [1.54, 1.807) is 0 Å². The standard InChI is InChI=1S/C52H66N8O6/c1-28(2)44(57-50(63)65-5)48(61)59-21-9-11-40(59)46-53-26-38(55-46)33-16-15-32(36-24-52(25-37(33)36)19-7-8-20-52)34-17-18-35(43-31-14-13-30(23-31)42(34)43)39-27-54-47(56-39)41-12-10-22-60(41)49(62)45(29(3)4)58-51(64)66-6/h15-18,26-31,40-41,44-45H,7-14,19-25H2,1-6H3,(H,53,55)(H,54,56)(H,57,63)(H,58,64). The van der Waals surface area contributed by atoms with Crippen molar-refractivity contribution in [2.75, 3.05) is 27.3 Å². The average molecular weight is 899 g/mol.